The van der Waals surface area contributed by atoms with Gasteiger partial charge in [0.2, 0.25) is 0 Å². The highest BCUT2D eigenvalue weighted by molar-refractivity contribution is 5.93. The summed E-state index contributed by atoms with van der Waals surface area (Å²) in [4.78, 5) is 26.9. The molecule has 28 heavy (non-hydrogen) atoms. The van der Waals surface area contributed by atoms with Crippen molar-refractivity contribution in [1.82, 2.24) is 29.8 Å². The lowest BCUT2D eigenvalue weighted by atomic mass is 10.2. The maximum Gasteiger partial charge on any atom is 0.274 e. The second-order valence-corrected chi connectivity index (χ2v) is 6.93. The Balaban J connectivity index is 1.43. The SMILES string of the molecule is Cc1cc(C(=O)N2CCn3nc(C(=O)NCc4ccccc4)cc3C2)nn1C. The third-order valence-electron chi connectivity index (χ3n) is 4.95. The number of fused-ring (bicyclic) bond motifs is 1. The van der Waals surface area contributed by atoms with Crippen molar-refractivity contribution in [1.29, 1.82) is 0 Å². The van der Waals surface area contributed by atoms with Crippen LogP contribution >= 0.6 is 0 Å². The molecule has 2 aromatic heterocycles. The molecule has 144 valence electrons. The van der Waals surface area contributed by atoms with Gasteiger partial charge in [-0.25, -0.2) is 0 Å². The van der Waals surface area contributed by atoms with Gasteiger partial charge in [0, 0.05) is 25.8 Å². The smallest absolute Gasteiger partial charge is 0.274 e. The molecule has 0 unspecified atom stereocenters. The summed E-state index contributed by atoms with van der Waals surface area (Å²) in [5.74, 6) is -0.324. The molecular weight excluding hydrogens is 356 g/mol. The molecule has 8 nitrogen and oxygen atoms in total. The number of rotatable bonds is 4. The van der Waals surface area contributed by atoms with Gasteiger partial charge in [-0.3, -0.25) is 19.0 Å². The predicted octanol–water partition coefficient (Wildman–Crippen LogP) is 1.51. The van der Waals surface area contributed by atoms with Gasteiger partial charge in [0.15, 0.2) is 11.4 Å². The molecule has 0 bridgehead atoms. The molecule has 3 aromatic rings. The van der Waals surface area contributed by atoms with Crippen LogP contribution < -0.4 is 5.32 Å². The fourth-order valence-electron chi connectivity index (χ4n) is 3.25. The summed E-state index contributed by atoms with van der Waals surface area (Å²) < 4.78 is 3.49. The van der Waals surface area contributed by atoms with E-state index in [1.165, 1.54) is 0 Å². The van der Waals surface area contributed by atoms with Crippen molar-refractivity contribution >= 4 is 11.8 Å². The van der Waals surface area contributed by atoms with Crippen molar-refractivity contribution in [2.45, 2.75) is 26.6 Å². The highest BCUT2D eigenvalue weighted by atomic mass is 16.2. The van der Waals surface area contributed by atoms with E-state index in [1.807, 2.05) is 44.3 Å². The van der Waals surface area contributed by atoms with Crippen LogP contribution in [0.2, 0.25) is 0 Å². The van der Waals surface area contributed by atoms with Crippen molar-refractivity contribution in [3.63, 3.8) is 0 Å². The molecule has 0 fully saturated rings. The van der Waals surface area contributed by atoms with Crippen LogP contribution in [0.4, 0.5) is 0 Å². The van der Waals surface area contributed by atoms with Crippen molar-refractivity contribution < 1.29 is 9.59 Å². The molecular formula is C20H22N6O2. The summed E-state index contributed by atoms with van der Waals surface area (Å²) in [6.45, 7) is 3.86. The van der Waals surface area contributed by atoms with E-state index < -0.39 is 0 Å². The Kier molecular flexibility index (Phi) is 4.68. The van der Waals surface area contributed by atoms with Gasteiger partial charge in [0.1, 0.15) is 0 Å². The molecule has 3 heterocycles. The zero-order valence-electron chi connectivity index (χ0n) is 15.9. The second-order valence-electron chi connectivity index (χ2n) is 6.93. The molecule has 8 heteroatoms. The largest absolute Gasteiger partial charge is 0.347 e. The number of benzene rings is 1. The molecule has 0 atom stereocenters. The molecule has 1 N–H and O–H groups in total. The first kappa shape index (κ1) is 18.0. The van der Waals surface area contributed by atoms with Crippen molar-refractivity contribution in [2.24, 2.45) is 7.05 Å². The summed E-state index contributed by atoms with van der Waals surface area (Å²) in [6, 6.07) is 13.3. The maximum absolute atomic E-state index is 12.7. The Morgan fingerprint density at radius 2 is 1.86 bits per heavy atom. The summed E-state index contributed by atoms with van der Waals surface area (Å²) in [7, 11) is 1.82. The van der Waals surface area contributed by atoms with Crippen LogP contribution in [0, 0.1) is 6.92 Å². The average molecular weight is 378 g/mol. The number of nitrogens with one attached hydrogen (secondary N) is 1. The molecule has 1 aromatic carbocycles. The number of aryl methyl sites for hydroxylation is 2. The molecule has 4 rings (SSSR count). The Morgan fingerprint density at radius 3 is 2.57 bits per heavy atom. The average Bonchev–Trinajstić information content (AvgIpc) is 3.29. The predicted molar refractivity (Wildman–Crippen MR) is 103 cm³/mol. The fraction of sp³-hybridized carbons (Fsp3) is 0.300. The molecule has 0 saturated heterocycles. The van der Waals surface area contributed by atoms with Crippen molar-refractivity contribution in [3.8, 4) is 0 Å². The van der Waals surface area contributed by atoms with E-state index in [0.29, 0.717) is 37.6 Å². The highest BCUT2D eigenvalue weighted by Gasteiger charge is 2.26. The van der Waals surface area contributed by atoms with E-state index >= 15 is 0 Å². The van der Waals surface area contributed by atoms with Gasteiger partial charge >= 0.3 is 0 Å². The monoisotopic (exact) mass is 378 g/mol. The summed E-state index contributed by atoms with van der Waals surface area (Å²) in [6.07, 6.45) is 0. The van der Waals surface area contributed by atoms with Crippen molar-refractivity contribution in [2.75, 3.05) is 6.54 Å². The Labute approximate surface area is 162 Å². The lowest BCUT2D eigenvalue weighted by molar-refractivity contribution is 0.0698. The molecule has 1 aliphatic rings. The van der Waals surface area contributed by atoms with Crippen LogP contribution in [0.25, 0.3) is 0 Å². The lowest BCUT2D eigenvalue weighted by Crippen LogP contribution is -2.38. The first-order valence-electron chi connectivity index (χ1n) is 9.20. The Bertz CT molecular complexity index is 1000. The van der Waals surface area contributed by atoms with Gasteiger partial charge in [0.05, 0.1) is 18.8 Å². The highest BCUT2D eigenvalue weighted by Crippen LogP contribution is 2.16. The summed E-state index contributed by atoms with van der Waals surface area (Å²) >= 11 is 0. The molecule has 1 aliphatic heterocycles. The first-order chi connectivity index (χ1) is 13.5. The van der Waals surface area contributed by atoms with Crippen LogP contribution in [0.3, 0.4) is 0 Å². The normalized spacial score (nSPS) is 13.3. The minimum atomic E-state index is -0.219. The van der Waals surface area contributed by atoms with Crippen LogP contribution in [0.15, 0.2) is 42.5 Å². The van der Waals surface area contributed by atoms with E-state index in [0.717, 1.165) is 17.0 Å². The molecule has 2 amide bonds. The molecule has 0 aliphatic carbocycles. The maximum atomic E-state index is 12.7. The van der Waals surface area contributed by atoms with E-state index in [2.05, 4.69) is 15.5 Å². The number of hydrogen-bond donors (Lipinski definition) is 1. The van der Waals surface area contributed by atoms with Crippen LogP contribution in [0.1, 0.15) is 37.9 Å². The van der Waals surface area contributed by atoms with Gasteiger partial charge in [-0.15, -0.1) is 0 Å². The van der Waals surface area contributed by atoms with Gasteiger partial charge in [0.25, 0.3) is 11.8 Å². The van der Waals surface area contributed by atoms with Crippen LogP contribution in [-0.2, 0) is 26.7 Å². The lowest BCUT2D eigenvalue weighted by Gasteiger charge is -2.26. The first-order valence-corrected chi connectivity index (χ1v) is 9.20. The second kappa shape index (κ2) is 7.30. The third-order valence-corrected chi connectivity index (χ3v) is 4.95. The number of hydrogen-bond acceptors (Lipinski definition) is 4. The molecule has 0 radical (unpaired) electrons. The van der Waals surface area contributed by atoms with E-state index in [4.69, 9.17) is 0 Å². The zero-order chi connectivity index (χ0) is 19.7. The van der Waals surface area contributed by atoms with Crippen LogP contribution in [0.5, 0.6) is 0 Å². The zero-order valence-corrected chi connectivity index (χ0v) is 15.9. The number of carbonyl (C=O) groups is 2. The van der Waals surface area contributed by atoms with E-state index in [-0.39, 0.29) is 11.8 Å². The Hall–Kier alpha value is -3.42. The third kappa shape index (κ3) is 3.53. The molecule has 0 spiro atoms. The standard InChI is InChI=1S/C20H22N6O2/c1-14-10-18(22-24(14)2)20(28)25-8-9-26-16(13-25)11-17(23-26)19(27)21-12-15-6-4-3-5-7-15/h3-7,10-11H,8-9,12-13H2,1-2H3,(H,21,27). The topological polar surface area (TPSA) is 85.1 Å². The van der Waals surface area contributed by atoms with E-state index in [9.17, 15) is 9.59 Å². The minimum absolute atomic E-state index is 0.105. The summed E-state index contributed by atoms with van der Waals surface area (Å²) in [5.41, 5.74) is 3.62. The van der Waals surface area contributed by atoms with Crippen molar-refractivity contribution in [3.05, 3.63) is 70.8 Å². The van der Waals surface area contributed by atoms with Gasteiger partial charge in [-0.2, -0.15) is 10.2 Å². The summed E-state index contributed by atoms with van der Waals surface area (Å²) in [5, 5.41) is 11.5. The van der Waals surface area contributed by atoms with Gasteiger partial charge in [-0.05, 0) is 24.6 Å². The minimum Gasteiger partial charge on any atom is -0.347 e. The van der Waals surface area contributed by atoms with Gasteiger partial charge < -0.3 is 10.2 Å². The van der Waals surface area contributed by atoms with Gasteiger partial charge in [-0.1, -0.05) is 30.3 Å². The Morgan fingerprint density at radius 1 is 1.07 bits per heavy atom. The quantitative estimate of drug-likeness (QED) is 0.746. The fourth-order valence-corrected chi connectivity index (χ4v) is 3.25. The molecule has 0 saturated carbocycles. The van der Waals surface area contributed by atoms with Crippen LogP contribution in [-0.4, -0.2) is 42.8 Å². The number of nitrogens with zero attached hydrogens (tertiary/aromatic N) is 5. The number of aromatic nitrogens is 4. The number of amides is 2. The van der Waals surface area contributed by atoms with E-state index in [1.54, 1.807) is 26.4 Å². The number of carbonyl (C=O) groups excluding carboxylic acids is 2.